The fraction of sp³-hybridized carbons (Fsp3) is 0.429. The Morgan fingerprint density at radius 1 is 1.35 bits per heavy atom. The third-order valence-electron chi connectivity index (χ3n) is 3.09. The van der Waals surface area contributed by atoms with Crippen molar-refractivity contribution < 1.29 is 14.2 Å². The second kappa shape index (κ2) is 4.88. The van der Waals surface area contributed by atoms with Crippen LogP contribution in [0.4, 0.5) is 4.39 Å². The van der Waals surface area contributed by atoms with E-state index >= 15 is 0 Å². The maximum atomic E-state index is 12.8. The van der Waals surface area contributed by atoms with Gasteiger partial charge in [-0.2, -0.15) is 0 Å². The van der Waals surface area contributed by atoms with E-state index in [1.807, 2.05) is 0 Å². The summed E-state index contributed by atoms with van der Waals surface area (Å²) in [6.07, 6.45) is 3.93. The van der Waals surface area contributed by atoms with Crippen LogP contribution in [0.25, 0.3) is 0 Å². The molecule has 3 heteroatoms. The summed E-state index contributed by atoms with van der Waals surface area (Å²) in [7, 11) is 0. The molecule has 0 spiro atoms. The van der Waals surface area contributed by atoms with E-state index in [0.29, 0.717) is 6.42 Å². The summed E-state index contributed by atoms with van der Waals surface area (Å²) in [5.74, 6) is -0.256. The summed E-state index contributed by atoms with van der Waals surface area (Å²) in [5, 5.41) is 10.4. The highest BCUT2D eigenvalue weighted by molar-refractivity contribution is 5.24. The second-order valence-electron chi connectivity index (χ2n) is 4.69. The highest BCUT2D eigenvalue weighted by Crippen LogP contribution is 2.27. The first-order chi connectivity index (χ1) is 8.08. The molecule has 0 aromatic heterocycles. The molecule has 1 aliphatic rings. The zero-order valence-electron chi connectivity index (χ0n) is 9.95. The Morgan fingerprint density at radius 3 is 2.65 bits per heavy atom. The van der Waals surface area contributed by atoms with Gasteiger partial charge in [-0.15, -0.1) is 0 Å². The van der Waals surface area contributed by atoms with Crippen LogP contribution >= 0.6 is 0 Å². The number of halogens is 1. The maximum Gasteiger partial charge on any atom is 0.123 e. The molecule has 2 nitrogen and oxygen atoms in total. The maximum absolute atomic E-state index is 12.8. The molecule has 1 unspecified atom stereocenters. The standard InChI is InChI=1S/C14H17FO2/c1-14(16,12-3-2-8-17-10-12)9-11-4-6-13(15)7-5-11/h4-7,10,16H,2-3,8-9H2,1H3. The highest BCUT2D eigenvalue weighted by atomic mass is 19.1. The Balaban J connectivity index is 2.10. The molecule has 17 heavy (non-hydrogen) atoms. The fourth-order valence-corrected chi connectivity index (χ4v) is 2.07. The zero-order chi connectivity index (χ0) is 12.3. The molecular weight excluding hydrogens is 219 g/mol. The molecule has 0 bridgehead atoms. The molecule has 0 fully saturated rings. The normalized spacial score (nSPS) is 19.1. The zero-order valence-corrected chi connectivity index (χ0v) is 9.95. The van der Waals surface area contributed by atoms with E-state index in [1.54, 1.807) is 25.3 Å². The van der Waals surface area contributed by atoms with Crippen LogP contribution in [0.15, 0.2) is 36.1 Å². The molecule has 0 aliphatic carbocycles. The number of hydrogen-bond acceptors (Lipinski definition) is 2. The van der Waals surface area contributed by atoms with Crippen LogP contribution in [0.3, 0.4) is 0 Å². The lowest BCUT2D eigenvalue weighted by atomic mass is 9.86. The summed E-state index contributed by atoms with van der Waals surface area (Å²) in [6.45, 7) is 2.49. The lowest BCUT2D eigenvalue weighted by Crippen LogP contribution is -2.31. The second-order valence-corrected chi connectivity index (χ2v) is 4.69. The van der Waals surface area contributed by atoms with E-state index in [1.165, 1.54) is 12.1 Å². The first-order valence-electron chi connectivity index (χ1n) is 5.86. The van der Waals surface area contributed by atoms with Crippen molar-refractivity contribution in [2.24, 2.45) is 0 Å². The molecule has 1 aliphatic heterocycles. The first kappa shape index (κ1) is 12.1. The van der Waals surface area contributed by atoms with Gasteiger partial charge in [-0.1, -0.05) is 12.1 Å². The molecular formula is C14H17FO2. The van der Waals surface area contributed by atoms with E-state index in [0.717, 1.165) is 30.6 Å². The van der Waals surface area contributed by atoms with Crippen LogP contribution in [-0.4, -0.2) is 17.3 Å². The van der Waals surface area contributed by atoms with E-state index in [2.05, 4.69) is 0 Å². The van der Waals surface area contributed by atoms with Crippen LogP contribution in [0.5, 0.6) is 0 Å². The van der Waals surface area contributed by atoms with Crippen molar-refractivity contribution in [2.75, 3.05) is 6.61 Å². The van der Waals surface area contributed by atoms with Gasteiger partial charge in [0.25, 0.3) is 0 Å². The molecule has 2 rings (SSSR count). The predicted molar refractivity (Wildman–Crippen MR) is 64.0 cm³/mol. The SMILES string of the molecule is CC(O)(Cc1ccc(F)cc1)C1=COCCC1. The third kappa shape index (κ3) is 3.07. The molecule has 1 aromatic rings. The molecule has 92 valence electrons. The molecule has 1 N–H and O–H groups in total. The minimum atomic E-state index is -0.918. The van der Waals surface area contributed by atoms with Gasteiger partial charge in [-0.3, -0.25) is 0 Å². The summed E-state index contributed by atoms with van der Waals surface area (Å²) < 4.78 is 18.0. The van der Waals surface area contributed by atoms with Crippen molar-refractivity contribution in [3.8, 4) is 0 Å². The van der Waals surface area contributed by atoms with E-state index in [4.69, 9.17) is 4.74 Å². The Bertz CT molecular complexity index is 407. The van der Waals surface area contributed by atoms with E-state index in [-0.39, 0.29) is 5.82 Å². The van der Waals surface area contributed by atoms with Gasteiger partial charge in [0.05, 0.1) is 18.5 Å². The molecule has 0 radical (unpaired) electrons. The minimum Gasteiger partial charge on any atom is -0.501 e. The van der Waals surface area contributed by atoms with E-state index in [9.17, 15) is 9.50 Å². The Kier molecular flexibility index (Phi) is 3.48. The molecule has 0 saturated heterocycles. The van der Waals surface area contributed by atoms with Gasteiger partial charge in [0.15, 0.2) is 0 Å². The minimum absolute atomic E-state index is 0.256. The van der Waals surface area contributed by atoms with Gasteiger partial charge in [0.2, 0.25) is 0 Å². The quantitative estimate of drug-likeness (QED) is 0.874. The first-order valence-corrected chi connectivity index (χ1v) is 5.86. The molecule has 1 heterocycles. The van der Waals surface area contributed by atoms with Crippen LogP contribution in [-0.2, 0) is 11.2 Å². The predicted octanol–water partition coefficient (Wildman–Crippen LogP) is 2.81. The number of benzene rings is 1. The Labute approximate surface area is 101 Å². The van der Waals surface area contributed by atoms with Crippen molar-refractivity contribution in [1.82, 2.24) is 0 Å². The van der Waals surface area contributed by atoms with Crippen LogP contribution in [0.2, 0.25) is 0 Å². The van der Waals surface area contributed by atoms with Crippen molar-refractivity contribution in [1.29, 1.82) is 0 Å². The van der Waals surface area contributed by atoms with Crippen molar-refractivity contribution >= 4 is 0 Å². The average Bonchev–Trinajstić information content (AvgIpc) is 2.33. The number of aliphatic hydroxyl groups is 1. The highest BCUT2D eigenvalue weighted by Gasteiger charge is 2.27. The fourth-order valence-electron chi connectivity index (χ4n) is 2.07. The monoisotopic (exact) mass is 236 g/mol. The molecule has 0 amide bonds. The van der Waals surface area contributed by atoms with Crippen molar-refractivity contribution in [3.05, 3.63) is 47.5 Å². The van der Waals surface area contributed by atoms with Gasteiger partial charge in [0, 0.05) is 6.42 Å². The summed E-state index contributed by atoms with van der Waals surface area (Å²) in [4.78, 5) is 0. The Hall–Kier alpha value is -1.35. The number of hydrogen-bond donors (Lipinski definition) is 1. The topological polar surface area (TPSA) is 29.5 Å². The molecule has 1 aromatic carbocycles. The van der Waals surface area contributed by atoms with E-state index < -0.39 is 5.60 Å². The lowest BCUT2D eigenvalue weighted by Gasteiger charge is -2.28. The van der Waals surface area contributed by atoms with Crippen LogP contribution in [0, 0.1) is 5.82 Å². The van der Waals surface area contributed by atoms with Gasteiger partial charge in [-0.25, -0.2) is 4.39 Å². The van der Waals surface area contributed by atoms with Gasteiger partial charge in [0.1, 0.15) is 5.82 Å². The van der Waals surface area contributed by atoms with Gasteiger partial charge in [-0.05, 0) is 43.0 Å². The summed E-state index contributed by atoms with van der Waals surface area (Å²) in [6, 6.07) is 6.23. The van der Waals surface area contributed by atoms with Crippen LogP contribution < -0.4 is 0 Å². The Morgan fingerprint density at radius 2 is 2.06 bits per heavy atom. The van der Waals surface area contributed by atoms with Crippen LogP contribution in [0.1, 0.15) is 25.3 Å². The lowest BCUT2D eigenvalue weighted by molar-refractivity contribution is 0.0806. The molecule has 0 saturated carbocycles. The summed E-state index contributed by atoms with van der Waals surface area (Å²) in [5.41, 5.74) is 0.911. The summed E-state index contributed by atoms with van der Waals surface area (Å²) >= 11 is 0. The number of rotatable bonds is 3. The number of ether oxygens (including phenoxy) is 1. The van der Waals surface area contributed by atoms with Gasteiger partial charge >= 0.3 is 0 Å². The molecule has 1 atom stereocenters. The third-order valence-corrected chi connectivity index (χ3v) is 3.09. The average molecular weight is 236 g/mol. The smallest absolute Gasteiger partial charge is 0.123 e. The van der Waals surface area contributed by atoms with Crippen molar-refractivity contribution in [3.63, 3.8) is 0 Å². The largest absolute Gasteiger partial charge is 0.501 e. The van der Waals surface area contributed by atoms with Gasteiger partial charge < -0.3 is 9.84 Å². The van der Waals surface area contributed by atoms with Crippen molar-refractivity contribution in [2.45, 2.75) is 31.8 Å².